The maximum Gasteiger partial charge on any atom is 0.351 e. The van der Waals surface area contributed by atoms with E-state index in [2.05, 4.69) is 10.4 Å². The SMILES string of the molecule is CCCc1nn(-c2cccc(C)c2)c(=O)n1CC(=O)NCc1ccc(C)o1. The van der Waals surface area contributed by atoms with Gasteiger partial charge in [-0.1, -0.05) is 19.1 Å². The summed E-state index contributed by atoms with van der Waals surface area (Å²) in [6, 6.07) is 11.2. The number of aromatic nitrogens is 3. The maximum atomic E-state index is 12.9. The van der Waals surface area contributed by atoms with Crippen LogP contribution in [0, 0.1) is 13.8 Å². The molecule has 142 valence electrons. The summed E-state index contributed by atoms with van der Waals surface area (Å²) in [6.45, 7) is 6.04. The van der Waals surface area contributed by atoms with Crippen LogP contribution in [0.25, 0.3) is 5.69 Å². The first-order valence-electron chi connectivity index (χ1n) is 9.05. The summed E-state index contributed by atoms with van der Waals surface area (Å²) in [5, 5.41) is 7.24. The van der Waals surface area contributed by atoms with Crippen molar-refractivity contribution in [3.63, 3.8) is 0 Å². The molecule has 0 atom stereocenters. The first-order chi connectivity index (χ1) is 13.0. The zero-order valence-corrected chi connectivity index (χ0v) is 15.9. The van der Waals surface area contributed by atoms with Crippen LogP contribution in [-0.2, 0) is 24.3 Å². The molecule has 0 saturated carbocycles. The second-order valence-corrected chi connectivity index (χ2v) is 6.57. The monoisotopic (exact) mass is 368 g/mol. The molecule has 7 nitrogen and oxygen atoms in total. The fourth-order valence-corrected chi connectivity index (χ4v) is 2.90. The maximum absolute atomic E-state index is 12.9. The number of hydrogen-bond donors (Lipinski definition) is 1. The first kappa shape index (κ1) is 18.7. The van der Waals surface area contributed by atoms with E-state index in [0.717, 1.165) is 17.7 Å². The van der Waals surface area contributed by atoms with Crippen LogP contribution >= 0.6 is 0 Å². The smallest absolute Gasteiger partial charge is 0.351 e. The zero-order valence-electron chi connectivity index (χ0n) is 15.9. The molecule has 0 aliphatic carbocycles. The Morgan fingerprint density at radius 1 is 1.22 bits per heavy atom. The van der Waals surface area contributed by atoms with E-state index in [1.165, 1.54) is 9.25 Å². The molecule has 1 amide bonds. The van der Waals surface area contributed by atoms with Crippen molar-refractivity contribution in [2.45, 2.75) is 46.7 Å². The van der Waals surface area contributed by atoms with Crippen LogP contribution in [0.4, 0.5) is 0 Å². The average molecular weight is 368 g/mol. The third kappa shape index (κ3) is 4.36. The lowest BCUT2D eigenvalue weighted by atomic mass is 10.2. The molecule has 0 aliphatic rings. The predicted molar refractivity (Wildman–Crippen MR) is 102 cm³/mol. The zero-order chi connectivity index (χ0) is 19.4. The van der Waals surface area contributed by atoms with Crippen molar-refractivity contribution in [3.05, 3.63) is 69.8 Å². The number of benzene rings is 1. The number of hydrogen-bond acceptors (Lipinski definition) is 4. The second-order valence-electron chi connectivity index (χ2n) is 6.57. The Kier molecular flexibility index (Phi) is 5.59. The lowest BCUT2D eigenvalue weighted by molar-refractivity contribution is -0.122. The van der Waals surface area contributed by atoms with Gasteiger partial charge in [-0.2, -0.15) is 4.68 Å². The lowest BCUT2D eigenvalue weighted by Crippen LogP contribution is -2.33. The van der Waals surface area contributed by atoms with E-state index in [1.54, 1.807) is 0 Å². The minimum atomic E-state index is -0.312. The highest BCUT2D eigenvalue weighted by atomic mass is 16.3. The number of nitrogens with one attached hydrogen (secondary N) is 1. The number of rotatable bonds is 7. The van der Waals surface area contributed by atoms with Gasteiger partial charge in [0.2, 0.25) is 5.91 Å². The molecule has 0 saturated heterocycles. The van der Waals surface area contributed by atoms with E-state index < -0.39 is 0 Å². The number of furan rings is 1. The third-order valence-corrected chi connectivity index (χ3v) is 4.22. The molecule has 0 spiro atoms. The molecular formula is C20H24N4O3. The summed E-state index contributed by atoms with van der Waals surface area (Å²) >= 11 is 0. The molecule has 0 unspecified atom stereocenters. The number of amides is 1. The Morgan fingerprint density at radius 2 is 2.04 bits per heavy atom. The van der Waals surface area contributed by atoms with Crippen molar-refractivity contribution in [1.29, 1.82) is 0 Å². The number of aryl methyl sites for hydroxylation is 3. The predicted octanol–water partition coefficient (Wildman–Crippen LogP) is 2.51. The summed E-state index contributed by atoms with van der Waals surface area (Å²) < 4.78 is 8.24. The van der Waals surface area contributed by atoms with Crippen LogP contribution in [0.15, 0.2) is 45.6 Å². The van der Waals surface area contributed by atoms with Crippen molar-refractivity contribution in [2.75, 3.05) is 0 Å². The van der Waals surface area contributed by atoms with Gasteiger partial charge in [-0.3, -0.25) is 9.36 Å². The second kappa shape index (κ2) is 8.07. The molecule has 3 aromatic rings. The molecule has 27 heavy (non-hydrogen) atoms. The lowest BCUT2D eigenvalue weighted by Gasteiger charge is -2.06. The van der Waals surface area contributed by atoms with Crippen molar-refractivity contribution in [2.24, 2.45) is 0 Å². The highest BCUT2D eigenvalue weighted by Gasteiger charge is 2.17. The summed E-state index contributed by atoms with van der Waals surface area (Å²) in [7, 11) is 0. The van der Waals surface area contributed by atoms with Gasteiger partial charge in [-0.25, -0.2) is 4.79 Å². The van der Waals surface area contributed by atoms with Gasteiger partial charge >= 0.3 is 5.69 Å². The van der Waals surface area contributed by atoms with Gasteiger partial charge in [0, 0.05) is 6.42 Å². The highest BCUT2D eigenvalue weighted by Crippen LogP contribution is 2.09. The number of nitrogens with zero attached hydrogens (tertiary/aromatic N) is 3. The van der Waals surface area contributed by atoms with Crippen LogP contribution < -0.4 is 11.0 Å². The third-order valence-electron chi connectivity index (χ3n) is 4.22. The fourth-order valence-electron chi connectivity index (χ4n) is 2.90. The first-order valence-corrected chi connectivity index (χ1v) is 9.05. The molecule has 3 rings (SSSR count). The normalized spacial score (nSPS) is 10.9. The van der Waals surface area contributed by atoms with Crippen LogP contribution in [-0.4, -0.2) is 20.3 Å². The molecule has 2 heterocycles. The van der Waals surface area contributed by atoms with Crippen molar-refractivity contribution < 1.29 is 9.21 Å². The molecule has 0 aliphatic heterocycles. The van der Waals surface area contributed by atoms with Gasteiger partial charge in [0.1, 0.15) is 23.9 Å². The molecule has 1 aromatic carbocycles. The van der Waals surface area contributed by atoms with E-state index in [9.17, 15) is 9.59 Å². The van der Waals surface area contributed by atoms with Gasteiger partial charge < -0.3 is 9.73 Å². The summed E-state index contributed by atoms with van der Waals surface area (Å²) in [6.07, 6.45) is 1.45. The number of carbonyl (C=O) groups is 1. The Bertz CT molecular complexity index is 997. The van der Waals surface area contributed by atoms with Crippen LogP contribution in [0.1, 0.15) is 36.3 Å². The minimum Gasteiger partial charge on any atom is -0.465 e. The van der Waals surface area contributed by atoms with Crippen LogP contribution in [0.5, 0.6) is 0 Å². The Hall–Kier alpha value is -3.09. The molecule has 2 aromatic heterocycles. The molecule has 0 radical (unpaired) electrons. The summed E-state index contributed by atoms with van der Waals surface area (Å²) in [5.41, 5.74) is 1.42. The molecule has 7 heteroatoms. The van der Waals surface area contributed by atoms with Crippen molar-refractivity contribution >= 4 is 5.91 Å². The Labute approximate surface area is 157 Å². The van der Waals surface area contributed by atoms with Crippen LogP contribution in [0.2, 0.25) is 0 Å². The minimum absolute atomic E-state index is 0.0698. The standard InChI is InChI=1S/C20H24N4O3/c1-4-6-18-22-24(16-8-5-7-14(2)11-16)20(26)23(18)13-19(25)21-12-17-10-9-15(3)27-17/h5,7-11H,4,6,12-13H2,1-3H3,(H,21,25). The highest BCUT2D eigenvalue weighted by molar-refractivity contribution is 5.75. The summed E-state index contributed by atoms with van der Waals surface area (Å²) in [5.74, 6) is 1.82. The molecule has 1 N–H and O–H groups in total. The van der Waals surface area contributed by atoms with Crippen LogP contribution in [0.3, 0.4) is 0 Å². The number of carbonyl (C=O) groups excluding carboxylic acids is 1. The van der Waals surface area contributed by atoms with E-state index in [-0.39, 0.29) is 24.7 Å². The van der Waals surface area contributed by atoms with E-state index in [1.807, 2.05) is 57.2 Å². The largest absolute Gasteiger partial charge is 0.465 e. The Balaban J connectivity index is 1.81. The van der Waals surface area contributed by atoms with Crippen molar-refractivity contribution in [3.8, 4) is 5.69 Å². The van der Waals surface area contributed by atoms with Crippen molar-refractivity contribution in [1.82, 2.24) is 19.7 Å². The average Bonchev–Trinajstić information content (AvgIpc) is 3.18. The Morgan fingerprint density at radius 3 is 2.70 bits per heavy atom. The fraction of sp³-hybridized carbons (Fsp3) is 0.350. The topological polar surface area (TPSA) is 82.1 Å². The van der Waals surface area contributed by atoms with Gasteiger partial charge in [0.25, 0.3) is 0 Å². The van der Waals surface area contributed by atoms with E-state index in [4.69, 9.17) is 4.42 Å². The molecule has 0 bridgehead atoms. The van der Waals surface area contributed by atoms with Gasteiger partial charge in [-0.05, 0) is 50.1 Å². The van der Waals surface area contributed by atoms with E-state index in [0.29, 0.717) is 23.7 Å². The molecular weight excluding hydrogens is 344 g/mol. The summed E-state index contributed by atoms with van der Waals surface area (Å²) in [4.78, 5) is 25.2. The van der Waals surface area contributed by atoms with Gasteiger partial charge in [0.05, 0.1) is 12.2 Å². The van der Waals surface area contributed by atoms with E-state index >= 15 is 0 Å². The van der Waals surface area contributed by atoms with Gasteiger partial charge in [-0.15, -0.1) is 5.10 Å². The molecule has 0 fully saturated rings. The quantitative estimate of drug-likeness (QED) is 0.695. The van der Waals surface area contributed by atoms with Gasteiger partial charge in [0.15, 0.2) is 0 Å².